The average Bonchev–Trinajstić information content (AvgIpc) is 3.02. The Morgan fingerprint density at radius 1 is 1.29 bits per heavy atom. The Bertz CT molecular complexity index is 786. The molecule has 0 aliphatic carbocycles. The Kier molecular flexibility index (Phi) is 4.90. The molecular formula is C18H19ClN2O3. The molecule has 1 aliphatic heterocycles. The number of ether oxygens (including phenoxy) is 1. The van der Waals surface area contributed by atoms with Gasteiger partial charge in [-0.05, 0) is 56.2 Å². The molecule has 24 heavy (non-hydrogen) atoms. The van der Waals surface area contributed by atoms with E-state index in [4.69, 9.17) is 16.3 Å². The third-order valence-electron chi connectivity index (χ3n) is 4.18. The molecule has 1 aromatic heterocycles. The largest absolute Gasteiger partial charge is 0.491 e. The molecule has 0 radical (unpaired) electrons. The number of likely N-dealkylation sites (tertiary alicyclic amines) is 1. The van der Waals surface area contributed by atoms with E-state index in [-0.39, 0.29) is 23.1 Å². The second kappa shape index (κ2) is 7.09. The molecule has 2 heterocycles. The van der Waals surface area contributed by atoms with Gasteiger partial charge >= 0.3 is 0 Å². The van der Waals surface area contributed by atoms with Gasteiger partial charge in [0.1, 0.15) is 17.9 Å². The molecule has 0 saturated carbocycles. The van der Waals surface area contributed by atoms with Crippen LogP contribution in [-0.2, 0) is 0 Å². The Hall–Kier alpha value is -2.27. The first-order valence-electron chi connectivity index (χ1n) is 7.94. The summed E-state index contributed by atoms with van der Waals surface area (Å²) in [7, 11) is 0. The highest BCUT2D eigenvalue weighted by Crippen LogP contribution is 2.22. The molecule has 2 aromatic rings. The molecular weight excluding hydrogens is 328 g/mol. The fourth-order valence-electron chi connectivity index (χ4n) is 2.89. The third kappa shape index (κ3) is 3.62. The molecule has 1 aromatic carbocycles. The van der Waals surface area contributed by atoms with Crippen LogP contribution in [0.1, 0.15) is 28.9 Å². The second-order valence-electron chi connectivity index (χ2n) is 5.94. The van der Waals surface area contributed by atoms with E-state index in [1.165, 1.54) is 0 Å². The number of aromatic nitrogens is 1. The van der Waals surface area contributed by atoms with Gasteiger partial charge in [0.25, 0.3) is 11.5 Å². The summed E-state index contributed by atoms with van der Waals surface area (Å²) in [5.74, 6) is 0.477. The molecule has 1 fully saturated rings. The summed E-state index contributed by atoms with van der Waals surface area (Å²) in [4.78, 5) is 29.1. The lowest BCUT2D eigenvalue weighted by atomic mass is 10.2. The standard InChI is InChI=1S/C18H19ClN2O3/c1-12-4-9-16(17(22)20-12)18(23)21-10-2-3-14(21)11-24-15-7-5-13(19)6-8-15/h4-9,14H,2-3,10-11H2,1H3,(H,20,22)/t14-/m0/s1. The van der Waals surface area contributed by atoms with E-state index in [1.807, 2.05) is 0 Å². The summed E-state index contributed by atoms with van der Waals surface area (Å²) < 4.78 is 5.77. The maximum atomic E-state index is 12.7. The molecule has 1 saturated heterocycles. The van der Waals surface area contributed by atoms with Gasteiger partial charge < -0.3 is 14.6 Å². The van der Waals surface area contributed by atoms with Crippen LogP contribution in [-0.4, -0.2) is 35.0 Å². The van der Waals surface area contributed by atoms with Gasteiger partial charge in [-0.15, -0.1) is 0 Å². The molecule has 1 N–H and O–H groups in total. The number of benzene rings is 1. The van der Waals surface area contributed by atoms with Crippen LogP contribution in [0.5, 0.6) is 5.75 Å². The fraction of sp³-hybridized carbons (Fsp3) is 0.333. The van der Waals surface area contributed by atoms with E-state index in [0.29, 0.717) is 23.9 Å². The third-order valence-corrected chi connectivity index (χ3v) is 4.43. The smallest absolute Gasteiger partial charge is 0.260 e. The Morgan fingerprint density at radius 2 is 2.04 bits per heavy atom. The van der Waals surface area contributed by atoms with Gasteiger partial charge in [0.2, 0.25) is 0 Å². The lowest BCUT2D eigenvalue weighted by Crippen LogP contribution is -2.41. The van der Waals surface area contributed by atoms with E-state index in [1.54, 1.807) is 48.2 Å². The van der Waals surface area contributed by atoms with Crippen molar-refractivity contribution in [2.24, 2.45) is 0 Å². The van der Waals surface area contributed by atoms with Gasteiger partial charge in [0, 0.05) is 17.3 Å². The van der Waals surface area contributed by atoms with Crippen molar-refractivity contribution in [1.29, 1.82) is 0 Å². The van der Waals surface area contributed by atoms with Gasteiger partial charge in [-0.2, -0.15) is 0 Å². The molecule has 0 unspecified atom stereocenters. The van der Waals surface area contributed by atoms with Crippen molar-refractivity contribution < 1.29 is 9.53 Å². The first-order chi connectivity index (χ1) is 11.5. The van der Waals surface area contributed by atoms with Crippen LogP contribution in [0, 0.1) is 6.92 Å². The molecule has 6 heteroatoms. The van der Waals surface area contributed by atoms with E-state index in [0.717, 1.165) is 18.5 Å². The molecule has 1 amide bonds. The van der Waals surface area contributed by atoms with E-state index in [9.17, 15) is 9.59 Å². The minimum Gasteiger partial charge on any atom is -0.491 e. The molecule has 0 bridgehead atoms. The number of pyridine rings is 1. The number of rotatable bonds is 4. The molecule has 1 aliphatic rings. The monoisotopic (exact) mass is 346 g/mol. The number of hydrogen-bond donors (Lipinski definition) is 1. The van der Waals surface area contributed by atoms with Crippen molar-refractivity contribution in [2.45, 2.75) is 25.8 Å². The highest BCUT2D eigenvalue weighted by Gasteiger charge is 2.31. The van der Waals surface area contributed by atoms with Crippen LogP contribution >= 0.6 is 11.6 Å². The average molecular weight is 347 g/mol. The van der Waals surface area contributed by atoms with Crippen molar-refractivity contribution in [2.75, 3.05) is 13.2 Å². The predicted molar refractivity (Wildman–Crippen MR) is 92.8 cm³/mol. The minimum atomic E-state index is -0.343. The summed E-state index contributed by atoms with van der Waals surface area (Å²) in [5.41, 5.74) is 0.573. The number of amides is 1. The summed E-state index contributed by atoms with van der Waals surface area (Å²) in [6.45, 7) is 2.83. The van der Waals surface area contributed by atoms with Crippen LogP contribution in [0.4, 0.5) is 0 Å². The normalized spacial score (nSPS) is 17.1. The number of halogens is 1. The van der Waals surface area contributed by atoms with Crippen molar-refractivity contribution in [3.8, 4) is 5.75 Å². The predicted octanol–water partition coefficient (Wildman–Crippen LogP) is 3.02. The number of H-pyrrole nitrogens is 1. The highest BCUT2D eigenvalue weighted by molar-refractivity contribution is 6.30. The maximum Gasteiger partial charge on any atom is 0.260 e. The summed E-state index contributed by atoms with van der Waals surface area (Å²) >= 11 is 5.86. The first-order valence-corrected chi connectivity index (χ1v) is 8.31. The zero-order chi connectivity index (χ0) is 17.1. The molecule has 0 spiro atoms. The van der Waals surface area contributed by atoms with Gasteiger partial charge in [0.05, 0.1) is 6.04 Å². The number of carbonyl (C=O) groups excluding carboxylic acids is 1. The van der Waals surface area contributed by atoms with Gasteiger partial charge in [0.15, 0.2) is 0 Å². The van der Waals surface area contributed by atoms with E-state index >= 15 is 0 Å². The second-order valence-corrected chi connectivity index (χ2v) is 6.38. The zero-order valence-corrected chi connectivity index (χ0v) is 14.2. The number of nitrogens with zero attached hydrogens (tertiary/aromatic N) is 1. The van der Waals surface area contributed by atoms with Crippen molar-refractivity contribution in [1.82, 2.24) is 9.88 Å². The minimum absolute atomic E-state index is 0.0334. The number of nitrogens with one attached hydrogen (secondary N) is 1. The SMILES string of the molecule is Cc1ccc(C(=O)N2CCC[C@H]2COc2ccc(Cl)cc2)c(=O)[nH]1. The zero-order valence-electron chi connectivity index (χ0n) is 13.4. The highest BCUT2D eigenvalue weighted by atomic mass is 35.5. The van der Waals surface area contributed by atoms with Crippen LogP contribution in [0.15, 0.2) is 41.2 Å². The molecule has 126 valence electrons. The van der Waals surface area contributed by atoms with Crippen molar-refractivity contribution in [3.63, 3.8) is 0 Å². The van der Waals surface area contributed by atoms with E-state index < -0.39 is 0 Å². The lowest BCUT2D eigenvalue weighted by molar-refractivity contribution is 0.0690. The van der Waals surface area contributed by atoms with Crippen molar-refractivity contribution in [3.05, 3.63) is 63.0 Å². The first kappa shape index (κ1) is 16.6. The fourth-order valence-corrected chi connectivity index (χ4v) is 3.02. The van der Waals surface area contributed by atoms with Gasteiger partial charge in [-0.1, -0.05) is 11.6 Å². The molecule has 1 atom stereocenters. The quantitative estimate of drug-likeness (QED) is 0.925. The number of aryl methyl sites for hydroxylation is 1. The molecule has 5 nitrogen and oxygen atoms in total. The molecule has 3 rings (SSSR count). The Labute approximate surface area is 145 Å². The number of aromatic amines is 1. The lowest BCUT2D eigenvalue weighted by Gasteiger charge is -2.24. The summed E-state index contributed by atoms with van der Waals surface area (Å²) in [6, 6.07) is 10.4. The summed E-state index contributed by atoms with van der Waals surface area (Å²) in [6.07, 6.45) is 1.77. The Balaban J connectivity index is 1.69. The number of carbonyl (C=O) groups is 1. The Morgan fingerprint density at radius 3 is 2.75 bits per heavy atom. The van der Waals surface area contributed by atoms with Gasteiger partial charge in [-0.25, -0.2) is 0 Å². The van der Waals surface area contributed by atoms with Crippen molar-refractivity contribution >= 4 is 17.5 Å². The number of hydrogen-bond acceptors (Lipinski definition) is 3. The topological polar surface area (TPSA) is 62.4 Å². The van der Waals surface area contributed by atoms with Crippen LogP contribution in [0.2, 0.25) is 5.02 Å². The van der Waals surface area contributed by atoms with Crippen LogP contribution in [0.25, 0.3) is 0 Å². The van der Waals surface area contributed by atoms with Gasteiger partial charge in [-0.3, -0.25) is 9.59 Å². The van der Waals surface area contributed by atoms with Crippen LogP contribution in [0.3, 0.4) is 0 Å². The van der Waals surface area contributed by atoms with E-state index in [2.05, 4.69) is 4.98 Å². The van der Waals surface area contributed by atoms with Crippen LogP contribution < -0.4 is 10.3 Å². The summed E-state index contributed by atoms with van der Waals surface area (Å²) in [5, 5.41) is 0.651. The maximum absolute atomic E-state index is 12.7.